The Morgan fingerprint density at radius 2 is 2.06 bits per heavy atom. The standard InChI is InChI=1S/C13H28N2O2/c1-3-13(9-16,10-17)15-11(2)8-12-6-4-5-7-14-12/h11-12,14-17H,3-10H2,1-2H3. The van der Waals surface area contributed by atoms with Crippen LogP contribution in [0, 0.1) is 0 Å². The lowest BCUT2D eigenvalue weighted by Gasteiger charge is -2.35. The highest BCUT2D eigenvalue weighted by Crippen LogP contribution is 2.15. The highest BCUT2D eigenvalue weighted by atomic mass is 16.3. The molecule has 2 atom stereocenters. The molecular formula is C13H28N2O2. The van der Waals surface area contributed by atoms with Crippen LogP contribution in [0.3, 0.4) is 0 Å². The number of aliphatic hydroxyl groups excluding tert-OH is 2. The minimum Gasteiger partial charge on any atom is -0.394 e. The van der Waals surface area contributed by atoms with Crippen molar-refractivity contribution in [1.82, 2.24) is 10.6 Å². The third-order valence-electron chi connectivity index (χ3n) is 3.89. The van der Waals surface area contributed by atoms with Crippen molar-refractivity contribution in [2.75, 3.05) is 19.8 Å². The van der Waals surface area contributed by atoms with Crippen LogP contribution in [0.5, 0.6) is 0 Å². The van der Waals surface area contributed by atoms with E-state index in [0.717, 1.165) is 19.4 Å². The van der Waals surface area contributed by atoms with Crippen LogP contribution in [0.2, 0.25) is 0 Å². The molecule has 0 radical (unpaired) electrons. The van der Waals surface area contributed by atoms with Gasteiger partial charge in [0.1, 0.15) is 0 Å². The van der Waals surface area contributed by atoms with Gasteiger partial charge in [0.05, 0.1) is 18.8 Å². The molecule has 1 saturated heterocycles. The Hall–Kier alpha value is -0.160. The predicted octanol–water partition coefficient (Wildman–Crippen LogP) is 0.630. The molecule has 1 fully saturated rings. The molecule has 0 aromatic rings. The molecule has 0 aromatic heterocycles. The topological polar surface area (TPSA) is 64.5 Å². The fourth-order valence-electron chi connectivity index (χ4n) is 2.60. The fourth-order valence-corrected chi connectivity index (χ4v) is 2.60. The molecule has 4 heteroatoms. The van der Waals surface area contributed by atoms with E-state index in [1.54, 1.807) is 0 Å². The maximum absolute atomic E-state index is 9.39. The van der Waals surface area contributed by atoms with Crippen molar-refractivity contribution in [3.63, 3.8) is 0 Å². The zero-order valence-electron chi connectivity index (χ0n) is 11.2. The number of piperidine rings is 1. The number of nitrogens with one attached hydrogen (secondary N) is 2. The number of hydrogen-bond acceptors (Lipinski definition) is 4. The van der Waals surface area contributed by atoms with E-state index in [-0.39, 0.29) is 13.2 Å². The smallest absolute Gasteiger partial charge is 0.0647 e. The summed E-state index contributed by atoms with van der Waals surface area (Å²) in [6.45, 7) is 5.22. The van der Waals surface area contributed by atoms with Crippen LogP contribution < -0.4 is 10.6 Å². The first-order chi connectivity index (χ1) is 8.15. The zero-order chi connectivity index (χ0) is 12.7. The Morgan fingerprint density at radius 1 is 1.35 bits per heavy atom. The maximum atomic E-state index is 9.39. The molecule has 2 unspecified atom stereocenters. The second kappa shape index (κ2) is 7.31. The van der Waals surface area contributed by atoms with Gasteiger partial charge in [-0.15, -0.1) is 0 Å². The van der Waals surface area contributed by atoms with E-state index in [9.17, 15) is 10.2 Å². The van der Waals surface area contributed by atoms with Crippen LogP contribution in [0.25, 0.3) is 0 Å². The van der Waals surface area contributed by atoms with Crippen LogP contribution in [0.4, 0.5) is 0 Å². The summed E-state index contributed by atoms with van der Waals surface area (Å²) < 4.78 is 0. The fraction of sp³-hybridized carbons (Fsp3) is 1.00. The van der Waals surface area contributed by atoms with Crippen LogP contribution >= 0.6 is 0 Å². The van der Waals surface area contributed by atoms with Crippen molar-refractivity contribution in [2.45, 2.75) is 63.6 Å². The molecule has 0 bridgehead atoms. The first-order valence-electron chi connectivity index (χ1n) is 6.88. The Morgan fingerprint density at radius 3 is 2.53 bits per heavy atom. The molecule has 0 saturated carbocycles. The lowest BCUT2D eigenvalue weighted by Crippen LogP contribution is -2.55. The van der Waals surface area contributed by atoms with Crippen molar-refractivity contribution in [2.24, 2.45) is 0 Å². The first-order valence-corrected chi connectivity index (χ1v) is 6.88. The van der Waals surface area contributed by atoms with E-state index in [1.807, 2.05) is 6.92 Å². The monoisotopic (exact) mass is 244 g/mol. The lowest BCUT2D eigenvalue weighted by atomic mass is 9.94. The maximum Gasteiger partial charge on any atom is 0.0647 e. The molecule has 4 N–H and O–H groups in total. The Bertz CT molecular complexity index is 193. The van der Waals surface area contributed by atoms with Crippen molar-refractivity contribution in [3.05, 3.63) is 0 Å². The third-order valence-corrected chi connectivity index (χ3v) is 3.89. The minimum atomic E-state index is -0.520. The second-order valence-corrected chi connectivity index (χ2v) is 5.38. The van der Waals surface area contributed by atoms with Gasteiger partial charge in [-0.25, -0.2) is 0 Å². The Kier molecular flexibility index (Phi) is 6.41. The van der Waals surface area contributed by atoms with Crippen LogP contribution in [-0.4, -0.2) is 47.6 Å². The van der Waals surface area contributed by atoms with Gasteiger partial charge < -0.3 is 20.8 Å². The van der Waals surface area contributed by atoms with Crippen LogP contribution in [0.1, 0.15) is 46.0 Å². The number of hydrogen-bond donors (Lipinski definition) is 4. The summed E-state index contributed by atoms with van der Waals surface area (Å²) in [5.41, 5.74) is -0.520. The van der Waals surface area contributed by atoms with Gasteiger partial charge in [0.25, 0.3) is 0 Å². The summed E-state index contributed by atoms with van der Waals surface area (Å²) in [6.07, 6.45) is 5.63. The van der Waals surface area contributed by atoms with Gasteiger partial charge in [0.2, 0.25) is 0 Å². The highest BCUT2D eigenvalue weighted by Gasteiger charge is 2.28. The molecule has 1 heterocycles. The Balaban J connectivity index is 2.38. The van der Waals surface area contributed by atoms with Gasteiger partial charge in [0.15, 0.2) is 0 Å². The van der Waals surface area contributed by atoms with E-state index in [2.05, 4.69) is 17.6 Å². The van der Waals surface area contributed by atoms with E-state index in [1.165, 1.54) is 19.3 Å². The largest absolute Gasteiger partial charge is 0.394 e. The third kappa shape index (κ3) is 4.54. The van der Waals surface area contributed by atoms with Crippen molar-refractivity contribution >= 4 is 0 Å². The molecule has 1 aliphatic heterocycles. The summed E-state index contributed by atoms with van der Waals surface area (Å²) in [4.78, 5) is 0. The average molecular weight is 244 g/mol. The Labute approximate surface area is 105 Å². The molecular weight excluding hydrogens is 216 g/mol. The molecule has 0 spiro atoms. The molecule has 0 amide bonds. The molecule has 1 rings (SSSR count). The van der Waals surface area contributed by atoms with E-state index >= 15 is 0 Å². The molecule has 17 heavy (non-hydrogen) atoms. The second-order valence-electron chi connectivity index (χ2n) is 5.38. The molecule has 102 valence electrons. The first kappa shape index (κ1) is 14.9. The van der Waals surface area contributed by atoms with E-state index in [0.29, 0.717) is 12.1 Å². The van der Waals surface area contributed by atoms with Gasteiger partial charge in [0, 0.05) is 12.1 Å². The summed E-state index contributed by atoms with van der Waals surface area (Å²) in [6, 6.07) is 0.892. The number of rotatable bonds is 7. The predicted molar refractivity (Wildman–Crippen MR) is 70.1 cm³/mol. The van der Waals surface area contributed by atoms with Crippen LogP contribution in [0.15, 0.2) is 0 Å². The number of aliphatic hydroxyl groups is 2. The molecule has 0 aliphatic carbocycles. The van der Waals surface area contributed by atoms with Gasteiger partial charge in [-0.3, -0.25) is 0 Å². The summed E-state index contributed by atoms with van der Waals surface area (Å²) >= 11 is 0. The van der Waals surface area contributed by atoms with Gasteiger partial charge in [-0.1, -0.05) is 13.3 Å². The van der Waals surface area contributed by atoms with Crippen molar-refractivity contribution in [1.29, 1.82) is 0 Å². The van der Waals surface area contributed by atoms with Gasteiger partial charge in [-0.2, -0.15) is 0 Å². The van der Waals surface area contributed by atoms with Gasteiger partial charge in [-0.05, 0) is 39.2 Å². The quantitative estimate of drug-likeness (QED) is 0.530. The summed E-state index contributed by atoms with van der Waals surface area (Å²) in [5.74, 6) is 0. The lowest BCUT2D eigenvalue weighted by molar-refractivity contribution is 0.0766. The van der Waals surface area contributed by atoms with E-state index in [4.69, 9.17) is 0 Å². The normalized spacial score (nSPS) is 23.6. The SMILES string of the molecule is CCC(CO)(CO)NC(C)CC1CCCCN1. The van der Waals surface area contributed by atoms with Crippen molar-refractivity contribution < 1.29 is 10.2 Å². The molecule has 0 aromatic carbocycles. The van der Waals surface area contributed by atoms with Crippen molar-refractivity contribution in [3.8, 4) is 0 Å². The zero-order valence-corrected chi connectivity index (χ0v) is 11.2. The summed E-state index contributed by atoms with van der Waals surface area (Å²) in [7, 11) is 0. The minimum absolute atomic E-state index is 0.0115. The van der Waals surface area contributed by atoms with E-state index < -0.39 is 5.54 Å². The van der Waals surface area contributed by atoms with Crippen LogP contribution in [-0.2, 0) is 0 Å². The molecule has 1 aliphatic rings. The average Bonchev–Trinajstić information content (AvgIpc) is 2.37. The summed E-state index contributed by atoms with van der Waals surface area (Å²) in [5, 5.41) is 25.7. The molecule has 4 nitrogen and oxygen atoms in total. The van der Waals surface area contributed by atoms with Gasteiger partial charge >= 0.3 is 0 Å². The highest BCUT2D eigenvalue weighted by molar-refractivity contribution is 4.89.